The summed E-state index contributed by atoms with van der Waals surface area (Å²) in [5.74, 6) is 0. The van der Waals surface area contributed by atoms with E-state index in [1.54, 1.807) is 0 Å². The van der Waals surface area contributed by atoms with Gasteiger partial charge < -0.3 is 11.5 Å². The van der Waals surface area contributed by atoms with Gasteiger partial charge in [0.05, 0.1) is 11.4 Å². The van der Waals surface area contributed by atoms with E-state index in [4.69, 9.17) is 11.5 Å². The highest BCUT2D eigenvalue weighted by Crippen LogP contribution is 2.50. The largest absolute Gasteiger partial charge is 0.397 e. The Hall–Kier alpha value is -6.12. The van der Waals surface area contributed by atoms with Crippen LogP contribution in [0, 0.1) is 0 Å². The lowest BCUT2D eigenvalue weighted by Crippen LogP contribution is -2.03. The number of hydrogen-bond donors (Lipinski definition) is 2. The summed E-state index contributed by atoms with van der Waals surface area (Å²) in [4.78, 5) is 0. The van der Waals surface area contributed by atoms with Gasteiger partial charge in [-0.25, -0.2) is 0 Å². The molecule has 2 nitrogen and oxygen atoms in total. The predicted molar refractivity (Wildman–Crippen MR) is 197 cm³/mol. The number of rotatable bonds is 5. The van der Waals surface area contributed by atoms with Crippen LogP contribution in [-0.2, 0) is 0 Å². The number of nitrogens with two attached hydrogens (primary N) is 2. The molecule has 46 heavy (non-hydrogen) atoms. The molecule has 0 bridgehead atoms. The van der Waals surface area contributed by atoms with Crippen LogP contribution in [-0.4, -0.2) is 0 Å². The van der Waals surface area contributed by atoms with E-state index in [1.165, 1.54) is 27.1 Å². The molecular formula is C44H32N2. The molecule has 0 unspecified atom stereocenters. The first-order valence-electron chi connectivity index (χ1n) is 15.6. The van der Waals surface area contributed by atoms with Gasteiger partial charge in [0.2, 0.25) is 0 Å². The standard InChI is InChI=1S/C44H32N2/c45-43-40(31-14-2-1-3-15-31)28-41(38-24-9-8-22-36(38)34-26-12-18-29-16-4-6-20-32(29)34)42(44(43)46)39-25-11-10-23-37(39)35-27-13-19-30-17-5-7-21-33(30)35/h1-28H,45-46H2. The Balaban J connectivity index is 1.47. The van der Waals surface area contributed by atoms with E-state index in [2.05, 4.69) is 152 Å². The Bertz CT molecular complexity index is 2380. The summed E-state index contributed by atoms with van der Waals surface area (Å²) >= 11 is 0. The zero-order valence-corrected chi connectivity index (χ0v) is 25.3. The fourth-order valence-electron chi connectivity index (χ4n) is 6.89. The van der Waals surface area contributed by atoms with E-state index >= 15 is 0 Å². The molecule has 4 N–H and O–H groups in total. The second-order valence-corrected chi connectivity index (χ2v) is 11.7. The first-order chi connectivity index (χ1) is 22.7. The van der Waals surface area contributed by atoms with Gasteiger partial charge in [-0.15, -0.1) is 0 Å². The topological polar surface area (TPSA) is 52.0 Å². The molecule has 2 heteroatoms. The SMILES string of the molecule is Nc1c(-c2ccccc2)cc(-c2ccccc2-c2cccc3ccccc23)c(-c2ccccc2-c2cccc3ccccc23)c1N. The fraction of sp³-hybridized carbons (Fsp3) is 0. The van der Waals surface area contributed by atoms with E-state index in [0.717, 1.165) is 50.1 Å². The van der Waals surface area contributed by atoms with Gasteiger partial charge in [-0.1, -0.05) is 164 Å². The van der Waals surface area contributed by atoms with Gasteiger partial charge in [-0.05, 0) is 72.1 Å². The average molecular weight is 589 g/mol. The molecular weight excluding hydrogens is 556 g/mol. The van der Waals surface area contributed by atoms with Crippen LogP contribution < -0.4 is 11.5 Å². The van der Waals surface area contributed by atoms with Gasteiger partial charge in [0, 0.05) is 11.1 Å². The van der Waals surface area contributed by atoms with E-state index < -0.39 is 0 Å². The molecule has 0 amide bonds. The van der Waals surface area contributed by atoms with Crippen LogP contribution in [0.4, 0.5) is 11.4 Å². The summed E-state index contributed by atoms with van der Waals surface area (Å²) in [7, 11) is 0. The molecule has 0 radical (unpaired) electrons. The van der Waals surface area contributed by atoms with Crippen molar-refractivity contribution in [2.24, 2.45) is 0 Å². The Morgan fingerprint density at radius 2 is 0.696 bits per heavy atom. The maximum absolute atomic E-state index is 7.20. The Labute approximate surface area is 269 Å². The minimum absolute atomic E-state index is 0.580. The van der Waals surface area contributed by atoms with Gasteiger partial charge >= 0.3 is 0 Å². The van der Waals surface area contributed by atoms with Crippen molar-refractivity contribution in [2.45, 2.75) is 0 Å². The van der Waals surface area contributed by atoms with Crippen LogP contribution in [0.25, 0.3) is 77.2 Å². The summed E-state index contributed by atoms with van der Waals surface area (Å²) in [5, 5.41) is 4.81. The van der Waals surface area contributed by atoms with Gasteiger partial charge in [0.25, 0.3) is 0 Å². The van der Waals surface area contributed by atoms with Crippen LogP contribution in [0.5, 0.6) is 0 Å². The molecule has 8 rings (SSSR count). The first-order valence-corrected chi connectivity index (χ1v) is 15.6. The summed E-state index contributed by atoms with van der Waals surface area (Å²) in [5.41, 5.74) is 26.0. The molecule has 0 spiro atoms. The van der Waals surface area contributed by atoms with Crippen molar-refractivity contribution in [2.75, 3.05) is 11.5 Å². The van der Waals surface area contributed by atoms with Crippen molar-refractivity contribution < 1.29 is 0 Å². The second kappa shape index (κ2) is 11.4. The van der Waals surface area contributed by atoms with Crippen molar-refractivity contribution in [3.8, 4) is 55.6 Å². The predicted octanol–water partition coefficient (Wildman–Crippen LogP) is 11.5. The minimum Gasteiger partial charge on any atom is -0.397 e. The zero-order valence-electron chi connectivity index (χ0n) is 25.3. The zero-order chi connectivity index (χ0) is 31.0. The molecule has 0 aromatic heterocycles. The van der Waals surface area contributed by atoms with Crippen LogP contribution in [0.2, 0.25) is 0 Å². The lowest BCUT2D eigenvalue weighted by atomic mass is 9.82. The highest BCUT2D eigenvalue weighted by molar-refractivity contribution is 6.10. The fourth-order valence-corrected chi connectivity index (χ4v) is 6.89. The molecule has 0 aliphatic rings. The lowest BCUT2D eigenvalue weighted by Gasteiger charge is -2.23. The summed E-state index contributed by atoms with van der Waals surface area (Å²) in [6.07, 6.45) is 0. The Kier molecular flexibility index (Phi) is 6.81. The molecule has 218 valence electrons. The third kappa shape index (κ3) is 4.60. The molecule has 0 heterocycles. The van der Waals surface area contributed by atoms with Crippen LogP contribution in [0.15, 0.2) is 170 Å². The molecule has 8 aromatic rings. The molecule has 8 aromatic carbocycles. The van der Waals surface area contributed by atoms with Crippen LogP contribution >= 0.6 is 0 Å². The van der Waals surface area contributed by atoms with E-state index in [9.17, 15) is 0 Å². The third-order valence-electron chi connectivity index (χ3n) is 9.07. The van der Waals surface area contributed by atoms with Crippen LogP contribution in [0.3, 0.4) is 0 Å². The second-order valence-electron chi connectivity index (χ2n) is 11.7. The van der Waals surface area contributed by atoms with Crippen molar-refractivity contribution in [1.82, 2.24) is 0 Å². The van der Waals surface area contributed by atoms with Crippen molar-refractivity contribution >= 4 is 32.9 Å². The highest BCUT2D eigenvalue weighted by atomic mass is 14.7. The summed E-state index contributed by atoms with van der Waals surface area (Å²) in [6, 6.07) is 59.8. The number of benzene rings is 8. The molecule has 0 fully saturated rings. The minimum atomic E-state index is 0.580. The summed E-state index contributed by atoms with van der Waals surface area (Å²) < 4.78 is 0. The van der Waals surface area contributed by atoms with Gasteiger partial charge in [0.15, 0.2) is 0 Å². The van der Waals surface area contributed by atoms with Gasteiger partial charge in [0.1, 0.15) is 0 Å². The van der Waals surface area contributed by atoms with E-state index in [0.29, 0.717) is 11.4 Å². The van der Waals surface area contributed by atoms with Gasteiger partial charge in [-0.2, -0.15) is 0 Å². The molecule has 0 aliphatic heterocycles. The average Bonchev–Trinajstić information content (AvgIpc) is 3.12. The number of hydrogen-bond acceptors (Lipinski definition) is 2. The van der Waals surface area contributed by atoms with Crippen LogP contribution in [0.1, 0.15) is 0 Å². The normalized spacial score (nSPS) is 11.2. The molecule has 0 saturated heterocycles. The summed E-state index contributed by atoms with van der Waals surface area (Å²) in [6.45, 7) is 0. The lowest BCUT2D eigenvalue weighted by molar-refractivity contribution is 1.54. The monoisotopic (exact) mass is 588 g/mol. The number of anilines is 2. The first kappa shape index (κ1) is 27.4. The van der Waals surface area contributed by atoms with E-state index in [1.807, 2.05) is 18.2 Å². The van der Waals surface area contributed by atoms with E-state index in [-0.39, 0.29) is 0 Å². The van der Waals surface area contributed by atoms with Crippen molar-refractivity contribution in [1.29, 1.82) is 0 Å². The highest BCUT2D eigenvalue weighted by Gasteiger charge is 2.23. The van der Waals surface area contributed by atoms with Crippen molar-refractivity contribution in [3.05, 3.63) is 170 Å². The smallest absolute Gasteiger partial charge is 0.0640 e. The quantitative estimate of drug-likeness (QED) is 0.197. The molecule has 0 saturated carbocycles. The maximum atomic E-state index is 7.20. The molecule has 0 aliphatic carbocycles. The number of fused-ring (bicyclic) bond motifs is 2. The Morgan fingerprint density at radius 3 is 1.28 bits per heavy atom. The third-order valence-corrected chi connectivity index (χ3v) is 9.07. The number of nitrogen functional groups attached to an aromatic ring is 2. The maximum Gasteiger partial charge on any atom is 0.0640 e. The van der Waals surface area contributed by atoms with Gasteiger partial charge in [-0.3, -0.25) is 0 Å². The molecule has 0 atom stereocenters. The van der Waals surface area contributed by atoms with Crippen molar-refractivity contribution in [3.63, 3.8) is 0 Å². The Morgan fingerprint density at radius 1 is 0.283 bits per heavy atom.